The molecule has 0 unspecified atom stereocenters. The lowest BCUT2D eigenvalue weighted by Gasteiger charge is -2.19. The number of hydrogen-bond acceptors (Lipinski definition) is 7. The molecule has 0 aromatic rings. The van der Waals surface area contributed by atoms with Crippen molar-refractivity contribution < 1.29 is 33.3 Å². The van der Waals surface area contributed by atoms with Crippen LogP contribution in [0.3, 0.4) is 0 Å². The van der Waals surface area contributed by atoms with E-state index >= 15 is 0 Å². The predicted molar refractivity (Wildman–Crippen MR) is 109 cm³/mol. The Bertz CT molecular complexity index is 464. The Labute approximate surface area is 174 Å². The molecule has 0 aliphatic heterocycles. The van der Waals surface area contributed by atoms with Gasteiger partial charge in [-0.15, -0.1) is 0 Å². The molecule has 0 aromatic carbocycles. The number of ether oxygens (including phenoxy) is 4. The maximum atomic E-state index is 11.7. The van der Waals surface area contributed by atoms with E-state index in [1.165, 1.54) is 0 Å². The maximum Gasteiger partial charge on any atom is 0.407 e. The van der Waals surface area contributed by atoms with Crippen molar-refractivity contribution >= 4 is 18.0 Å². The number of esters is 1. The van der Waals surface area contributed by atoms with Gasteiger partial charge in [0.15, 0.2) is 0 Å². The number of unbranched alkanes of at least 4 members (excludes halogenated alkanes) is 2. The molecule has 0 heterocycles. The van der Waals surface area contributed by atoms with E-state index < -0.39 is 11.7 Å². The van der Waals surface area contributed by atoms with Crippen LogP contribution in [0.25, 0.3) is 0 Å². The van der Waals surface area contributed by atoms with Gasteiger partial charge in [-0.05, 0) is 40.5 Å². The molecule has 0 saturated heterocycles. The lowest BCUT2D eigenvalue weighted by atomic mass is 10.1. The molecular formula is C20H38N2O7. The highest BCUT2D eigenvalue weighted by atomic mass is 16.6. The van der Waals surface area contributed by atoms with E-state index in [0.717, 1.165) is 19.3 Å². The normalized spacial score (nSPS) is 11.0. The molecule has 0 saturated carbocycles. The summed E-state index contributed by atoms with van der Waals surface area (Å²) in [5.41, 5.74) is -0.516. The quantitative estimate of drug-likeness (QED) is 0.292. The topological polar surface area (TPSA) is 112 Å². The fourth-order valence-electron chi connectivity index (χ4n) is 2.18. The first-order valence-electron chi connectivity index (χ1n) is 10.3. The van der Waals surface area contributed by atoms with Crippen LogP contribution >= 0.6 is 0 Å². The van der Waals surface area contributed by atoms with E-state index in [1.807, 2.05) is 0 Å². The Morgan fingerprint density at radius 1 is 0.793 bits per heavy atom. The van der Waals surface area contributed by atoms with Gasteiger partial charge in [-0.3, -0.25) is 9.59 Å². The molecule has 0 aliphatic carbocycles. The minimum atomic E-state index is -0.516. The minimum absolute atomic E-state index is 0.0193. The largest absolute Gasteiger partial charge is 0.466 e. The van der Waals surface area contributed by atoms with Crippen LogP contribution in [0.5, 0.6) is 0 Å². The predicted octanol–water partition coefficient (Wildman–Crippen LogP) is 2.17. The van der Waals surface area contributed by atoms with Crippen LogP contribution in [0, 0.1) is 0 Å². The number of rotatable bonds is 16. The molecule has 0 spiro atoms. The molecule has 0 rings (SSSR count). The first kappa shape index (κ1) is 27.1. The van der Waals surface area contributed by atoms with Gasteiger partial charge >= 0.3 is 12.1 Å². The summed E-state index contributed by atoms with van der Waals surface area (Å²) >= 11 is 0. The molecular weight excluding hydrogens is 380 g/mol. The van der Waals surface area contributed by atoms with Crippen molar-refractivity contribution in [3.8, 4) is 0 Å². The Morgan fingerprint density at radius 3 is 1.97 bits per heavy atom. The number of alkyl carbamates (subject to hydrolysis) is 1. The van der Waals surface area contributed by atoms with Gasteiger partial charge in [-0.1, -0.05) is 6.42 Å². The lowest BCUT2D eigenvalue weighted by Crippen LogP contribution is -2.34. The fourth-order valence-corrected chi connectivity index (χ4v) is 2.18. The summed E-state index contributed by atoms with van der Waals surface area (Å²) in [5.74, 6) is -0.202. The van der Waals surface area contributed by atoms with Gasteiger partial charge in [-0.2, -0.15) is 0 Å². The molecule has 0 bridgehead atoms. The van der Waals surface area contributed by atoms with Crippen LogP contribution in [-0.2, 0) is 28.5 Å². The molecule has 2 amide bonds. The van der Waals surface area contributed by atoms with Gasteiger partial charge in [0.25, 0.3) is 0 Å². The van der Waals surface area contributed by atoms with Crippen LogP contribution in [0.2, 0.25) is 0 Å². The number of nitrogens with one attached hydrogen (secondary N) is 2. The maximum absolute atomic E-state index is 11.7. The molecule has 2 N–H and O–H groups in total. The van der Waals surface area contributed by atoms with Crippen LogP contribution in [0.15, 0.2) is 0 Å². The van der Waals surface area contributed by atoms with E-state index in [-0.39, 0.29) is 11.9 Å². The van der Waals surface area contributed by atoms with Crippen molar-refractivity contribution in [1.29, 1.82) is 0 Å². The number of hydrogen-bond donors (Lipinski definition) is 2. The highest BCUT2D eigenvalue weighted by molar-refractivity contribution is 5.75. The highest BCUT2D eigenvalue weighted by Crippen LogP contribution is 2.06. The lowest BCUT2D eigenvalue weighted by molar-refractivity contribution is -0.143. The SMILES string of the molecule is CCOC(=O)CCCCCC(=O)NCCOCCOCCNC(=O)OC(C)(C)C. The average molecular weight is 419 g/mol. The minimum Gasteiger partial charge on any atom is -0.466 e. The van der Waals surface area contributed by atoms with Crippen LogP contribution in [0.4, 0.5) is 4.79 Å². The Morgan fingerprint density at radius 2 is 1.38 bits per heavy atom. The third-order valence-corrected chi connectivity index (χ3v) is 3.45. The molecule has 170 valence electrons. The summed E-state index contributed by atoms with van der Waals surface area (Å²) in [6.45, 7) is 10.0. The second-order valence-corrected chi connectivity index (χ2v) is 7.37. The Kier molecular flexibility index (Phi) is 15.9. The monoisotopic (exact) mass is 418 g/mol. The summed E-state index contributed by atoms with van der Waals surface area (Å²) in [6, 6.07) is 0. The second-order valence-electron chi connectivity index (χ2n) is 7.37. The molecule has 0 aliphatic rings. The summed E-state index contributed by atoms with van der Waals surface area (Å²) in [6.07, 6.45) is 2.69. The smallest absolute Gasteiger partial charge is 0.407 e. The molecule has 0 atom stereocenters. The van der Waals surface area contributed by atoms with Crippen LogP contribution < -0.4 is 10.6 Å². The summed E-state index contributed by atoms with van der Waals surface area (Å²) in [7, 11) is 0. The van der Waals surface area contributed by atoms with Gasteiger partial charge in [0, 0.05) is 25.9 Å². The number of carbonyl (C=O) groups excluding carboxylic acids is 3. The second kappa shape index (κ2) is 17.0. The van der Waals surface area contributed by atoms with Gasteiger partial charge in [0.1, 0.15) is 5.60 Å². The van der Waals surface area contributed by atoms with E-state index in [0.29, 0.717) is 59.0 Å². The zero-order chi connectivity index (χ0) is 22.0. The van der Waals surface area contributed by atoms with Crippen LogP contribution in [0.1, 0.15) is 59.8 Å². The molecule has 9 nitrogen and oxygen atoms in total. The zero-order valence-electron chi connectivity index (χ0n) is 18.3. The molecule has 0 aromatic heterocycles. The molecule has 29 heavy (non-hydrogen) atoms. The third kappa shape index (κ3) is 20.7. The van der Waals surface area contributed by atoms with E-state index in [2.05, 4.69) is 10.6 Å². The van der Waals surface area contributed by atoms with Crippen molar-refractivity contribution in [2.24, 2.45) is 0 Å². The summed E-state index contributed by atoms with van der Waals surface area (Å²) < 4.78 is 20.6. The average Bonchev–Trinajstić information content (AvgIpc) is 2.61. The Balaban J connectivity index is 3.34. The summed E-state index contributed by atoms with van der Waals surface area (Å²) in [5, 5.41) is 5.39. The zero-order valence-corrected chi connectivity index (χ0v) is 18.3. The van der Waals surface area contributed by atoms with E-state index in [4.69, 9.17) is 18.9 Å². The van der Waals surface area contributed by atoms with Gasteiger partial charge in [0.2, 0.25) is 5.91 Å². The highest BCUT2D eigenvalue weighted by Gasteiger charge is 2.15. The van der Waals surface area contributed by atoms with E-state index in [9.17, 15) is 14.4 Å². The number of carbonyl (C=O) groups is 3. The first-order valence-corrected chi connectivity index (χ1v) is 10.3. The molecule has 0 fully saturated rings. The van der Waals surface area contributed by atoms with Crippen molar-refractivity contribution in [3.05, 3.63) is 0 Å². The first-order chi connectivity index (χ1) is 13.7. The fraction of sp³-hybridized carbons (Fsp3) is 0.850. The summed E-state index contributed by atoms with van der Waals surface area (Å²) in [4.78, 5) is 34.2. The van der Waals surface area contributed by atoms with Crippen molar-refractivity contribution in [1.82, 2.24) is 10.6 Å². The van der Waals surface area contributed by atoms with Gasteiger partial charge < -0.3 is 29.6 Å². The van der Waals surface area contributed by atoms with Crippen molar-refractivity contribution in [3.63, 3.8) is 0 Å². The third-order valence-electron chi connectivity index (χ3n) is 3.45. The van der Waals surface area contributed by atoms with Gasteiger partial charge in [0.05, 0.1) is 33.0 Å². The van der Waals surface area contributed by atoms with Crippen molar-refractivity contribution in [2.45, 2.75) is 65.4 Å². The number of amides is 2. The van der Waals surface area contributed by atoms with Gasteiger partial charge in [-0.25, -0.2) is 4.79 Å². The standard InChI is InChI=1S/C20H38N2O7/c1-5-28-18(24)10-8-6-7-9-17(23)21-11-13-26-15-16-27-14-12-22-19(25)29-20(2,3)4/h5-16H2,1-4H3,(H,21,23)(H,22,25). The molecule has 9 heteroatoms. The van der Waals surface area contributed by atoms with Crippen LogP contribution in [-0.4, -0.2) is 69.7 Å². The van der Waals surface area contributed by atoms with E-state index in [1.54, 1.807) is 27.7 Å². The molecule has 0 radical (unpaired) electrons. The van der Waals surface area contributed by atoms with Crippen molar-refractivity contribution in [2.75, 3.05) is 46.1 Å². The Hall–Kier alpha value is -1.87.